The third-order valence-electron chi connectivity index (χ3n) is 4.58. The molecule has 2 heterocycles. The zero-order valence-electron chi connectivity index (χ0n) is 14.9. The maximum atomic E-state index is 11.2. The van der Waals surface area contributed by atoms with Crippen LogP contribution in [0.3, 0.4) is 0 Å². The maximum absolute atomic E-state index is 11.2. The molecule has 4 rings (SSSR count). The van der Waals surface area contributed by atoms with E-state index in [1.807, 2.05) is 31.2 Å². The van der Waals surface area contributed by atoms with Gasteiger partial charge in [0.05, 0.1) is 10.6 Å². The second-order valence-electron chi connectivity index (χ2n) is 6.40. The molecule has 2 aromatic carbocycles. The summed E-state index contributed by atoms with van der Waals surface area (Å²) in [5.74, 6) is 0.496. The number of rotatable bonds is 4. The lowest BCUT2D eigenvalue weighted by Crippen LogP contribution is -2.03. The lowest BCUT2D eigenvalue weighted by Gasteiger charge is -2.14. The molecule has 0 spiro atoms. The topological polar surface area (TPSA) is 59.2 Å². The third-order valence-corrected chi connectivity index (χ3v) is 5.13. The van der Waals surface area contributed by atoms with Gasteiger partial charge in [0.25, 0.3) is 0 Å². The first-order valence-corrected chi connectivity index (χ1v) is 9.41. The molecule has 1 N–H and O–H groups in total. The Hall–Kier alpha value is -2.66. The van der Waals surface area contributed by atoms with E-state index < -0.39 is 6.10 Å². The van der Waals surface area contributed by atoms with Gasteiger partial charge in [-0.3, -0.25) is 4.98 Å². The minimum absolute atomic E-state index is 0.428. The van der Waals surface area contributed by atoms with E-state index >= 15 is 0 Å². The van der Waals surface area contributed by atoms with Crippen LogP contribution in [-0.4, -0.2) is 15.2 Å². The van der Waals surface area contributed by atoms with Gasteiger partial charge in [-0.15, -0.1) is 0 Å². The predicted molar refractivity (Wildman–Crippen MR) is 110 cm³/mol. The molecule has 28 heavy (non-hydrogen) atoms. The first-order valence-electron chi connectivity index (χ1n) is 8.65. The highest BCUT2D eigenvalue weighted by atomic mass is 35.5. The number of hydrogen-bond donors (Lipinski definition) is 1. The van der Waals surface area contributed by atoms with Crippen LogP contribution in [0.1, 0.15) is 22.8 Å². The standard InChI is InChI=1S/C22H16Cl2N2O2/c1-13-5-2-3-7-16(13)22-19(21(27)14-6-4-10-25-12-14)20(26-28-22)17-9-8-15(23)11-18(17)24/h2-12,21,27H,1H3. The number of aliphatic hydroxyl groups excluding tert-OH is 1. The molecular formula is C22H16Cl2N2O2. The molecule has 1 atom stereocenters. The van der Waals surface area contributed by atoms with Crippen molar-refractivity contribution in [2.75, 3.05) is 0 Å². The number of aryl methyl sites for hydroxylation is 1. The smallest absolute Gasteiger partial charge is 0.173 e. The number of aromatic nitrogens is 2. The number of nitrogens with zero attached hydrogens (tertiary/aromatic N) is 2. The number of halogens is 2. The molecule has 140 valence electrons. The first kappa shape index (κ1) is 18.7. The Kier molecular flexibility index (Phi) is 5.18. The van der Waals surface area contributed by atoms with E-state index in [0.29, 0.717) is 38.2 Å². The van der Waals surface area contributed by atoms with Crippen molar-refractivity contribution in [3.8, 4) is 22.6 Å². The van der Waals surface area contributed by atoms with Crippen LogP contribution in [0.25, 0.3) is 22.6 Å². The van der Waals surface area contributed by atoms with Crippen LogP contribution < -0.4 is 0 Å². The fourth-order valence-electron chi connectivity index (χ4n) is 3.15. The molecular weight excluding hydrogens is 395 g/mol. The van der Waals surface area contributed by atoms with Crippen molar-refractivity contribution in [3.63, 3.8) is 0 Å². The lowest BCUT2D eigenvalue weighted by molar-refractivity contribution is 0.220. The van der Waals surface area contributed by atoms with Gasteiger partial charge in [-0.05, 0) is 36.8 Å². The Morgan fingerprint density at radius 2 is 1.82 bits per heavy atom. The normalized spacial score (nSPS) is 12.1. The molecule has 0 aliphatic heterocycles. The molecule has 1 unspecified atom stereocenters. The summed E-state index contributed by atoms with van der Waals surface area (Å²) in [6.45, 7) is 1.98. The average Bonchev–Trinajstić information content (AvgIpc) is 3.13. The first-order chi connectivity index (χ1) is 13.6. The summed E-state index contributed by atoms with van der Waals surface area (Å²) in [7, 11) is 0. The summed E-state index contributed by atoms with van der Waals surface area (Å²) < 4.78 is 5.72. The largest absolute Gasteiger partial charge is 0.383 e. The van der Waals surface area contributed by atoms with Crippen LogP contribution in [-0.2, 0) is 0 Å². The highest BCUT2D eigenvalue weighted by Gasteiger charge is 2.28. The number of aliphatic hydroxyl groups is 1. The quantitative estimate of drug-likeness (QED) is 0.441. The van der Waals surface area contributed by atoms with Gasteiger partial charge < -0.3 is 9.63 Å². The predicted octanol–water partition coefficient (Wildman–Crippen LogP) is 6.10. The summed E-state index contributed by atoms with van der Waals surface area (Å²) in [5.41, 5.74) is 4.12. The Bertz CT molecular complexity index is 1130. The summed E-state index contributed by atoms with van der Waals surface area (Å²) in [6.07, 6.45) is 2.28. The van der Waals surface area contributed by atoms with Gasteiger partial charge >= 0.3 is 0 Å². The highest BCUT2D eigenvalue weighted by Crippen LogP contribution is 2.42. The van der Waals surface area contributed by atoms with Crippen molar-refractivity contribution in [3.05, 3.63) is 93.7 Å². The fraction of sp³-hybridized carbons (Fsp3) is 0.0909. The number of benzene rings is 2. The van der Waals surface area contributed by atoms with Crippen LogP contribution in [0.2, 0.25) is 10.0 Å². The number of hydrogen-bond acceptors (Lipinski definition) is 4. The van der Waals surface area contributed by atoms with Gasteiger partial charge in [0.1, 0.15) is 11.8 Å². The summed E-state index contributed by atoms with van der Waals surface area (Å²) >= 11 is 12.5. The highest BCUT2D eigenvalue weighted by molar-refractivity contribution is 6.36. The third kappa shape index (κ3) is 3.42. The molecule has 0 saturated heterocycles. The Balaban J connectivity index is 1.96. The van der Waals surface area contributed by atoms with Crippen LogP contribution in [0.5, 0.6) is 0 Å². The minimum Gasteiger partial charge on any atom is -0.383 e. The van der Waals surface area contributed by atoms with Crippen molar-refractivity contribution >= 4 is 23.2 Å². The second-order valence-corrected chi connectivity index (χ2v) is 7.25. The summed E-state index contributed by atoms with van der Waals surface area (Å²) in [6, 6.07) is 16.5. The molecule has 0 amide bonds. The van der Waals surface area contributed by atoms with Crippen molar-refractivity contribution < 1.29 is 9.63 Å². The van der Waals surface area contributed by atoms with Crippen molar-refractivity contribution in [1.82, 2.24) is 10.1 Å². The van der Waals surface area contributed by atoms with E-state index in [2.05, 4.69) is 10.1 Å². The molecule has 0 aliphatic carbocycles. The summed E-state index contributed by atoms with van der Waals surface area (Å²) in [4.78, 5) is 4.11. The van der Waals surface area contributed by atoms with Gasteiger partial charge in [0.15, 0.2) is 5.76 Å². The fourth-order valence-corrected chi connectivity index (χ4v) is 3.65. The Labute approximate surface area is 172 Å². The Morgan fingerprint density at radius 3 is 2.54 bits per heavy atom. The van der Waals surface area contributed by atoms with E-state index in [9.17, 15) is 5.11 Å². The molecule has 4 nitrogen and oxygen atoms in total. The van der Waals surface area contributed by atoms with E-state index in [-0.39, 0.29) is 0 Å². The van der Waals surface area contributed by atoms with E-state index in [1.54, 1.807) is 42.7 Å². The number of pyridine rings is 1. The van der Waals surface area contributed by atoms with Gasteiger partial charge in [-0.2, -0.15) is 0 Å². The van der Waals surface area contributed by atoms with Gasteiger partial charge in [0, 0.05) is 34.1 Å². The second kappa shape index (κ2) is 7.76. The molecule has 0 saturated carbocycles. The zero-order chi connectivity index (χ0) is 19.7. The zero-order valence-corrected chi connectivity index (χ0v) is 16.4. The van der Waals surface area contributed by atoms with Gasteiger partial charge in [0.2, 0.25) is 0 Å². The van der Waals surface area contributed by atoms with Crippen LogP contribution >= 0.6 is 23.2 Å². The molecule has 0 fully saturated rings. The van der Waals surface area contributed by atoms with E-state index in [4.69, 9.17) is 27.7 Å². The molecule has 4 aromatic rings. The molecule has 0 aliphatic rings. The molecule has 0 radical (unpaired) electrons. The minimum atomic E-state index is -0.990. The molecule has 0 bridgehead atoms. The summed E-state index contributed by atoms with van der Waals surface area (Å²) in [5, 5.41) is 16.4. The van der Waals surface area contributed by atoms with Crippen LogP contribution in [0.4, 0.5) is 0 Å². The molecule has 6 heteroatoms. The molecule has 2 aromatic heterocycles. The van der Waals surface area contributed by atoms with E-state index in [1.165, 1.54) is 0 Å². The van der Waals surface area contributed by atoms with Crippen molar-refractivity contribution in [2.45, 2.75) is 13.0 Å². The SMILES string of the molecule is Cc1ccccc1-c1onc(-c2ccc(Cl)cc2Cl)c1C(O)c1cccnc1. The van der Waals surface area contributed by atoms with Crippen LogP contribution in [0, 0.1) is 6.92 Å². The van der Waals surface area contributed by atoms with Gasteiger partial charge in [-0.1, -0.05) is 58.7 Å². The van der Waals surface area contributed by atoms with Crippen molar-refractivity contribution in [2.24, 2.45) is 0 Å². The van der Waals surface area contributed by atoms with Crippen molar-refractivity contribution in [1.29, 1.82) is 0 Å². The lowest BCUT2D eigenvalue weighted by atomic mass is 9.93. The maximum Gasteiger partial charge on any atom is 0.173 e. The average molecular weight is 411 g/mol. The van der Waals surface area contributed by atoms with Crippen LogP contribution in [0.15, 0.2) is 71.5 Å². The van der Waals surface area contributed by atoms with Gasteiger partial charge in [-0.25, -0.2) is 0 Å². The Morgan fingerprint density at radius 1 is 1.00 bits per heavy atom. The monoisotopic (exact) mass is 410 g/mol. The van der Waals surface area contributed by atoms with E-state index in [0.717, 1.165) is 11.1 Å².